The van der Waals surface area contributed by atoms with Crippen molar-refractivity contribution in [1.82, 2.24) is 10.2 Å². The molecule has 0 spiro atoms. The molecule has 0 fully saturated rings. The molecule has 2 atom stereocenters. The van der Waals surface area contributed by atoms with Gasteiger partial charge in [-0.05, 0) is 12.5 Å². The molecule has 1 aromatic carbocycles. The number of aryl methyl sites for hydroxylation is 1. The van der Waals surface area contributed by atoms with Gasteiger partial charge in [-0.3, -0.25) is 24.8 Å². The van der Waals surface area contributed by atoms with Crippen LogP contribution in [0.5, 0.6) is 5.88 Å². The average molecular weight is 331 g/mol. The van der Waals surface area contributed by atoms with E-state index in [0.717, 1.165) is 7.11 Å². The van der Waals surface area contributed by atoms with Crippen LogP contribution in [0.1, 0.15) is 22.7 Å². The van der Waals surface area contributed by atoms with E-state index >= 15 is 0 Å². The van der Waals surface area contributed by atoms with Crippen molar-refractivity contribution in [2.75, 3.05) is 7.11 Å². The van der Waals surface area contributed by atoms with E-state index < -0.39 is 28.7 Å². The minimum Gasteiger partial charge on any atom is -0.468 e. The Labute approximate surface area is 135 Å². The number of H-pyrrole nitrogens is 1. The van der Waals surface area contributed by atoms with Gasteiger partial charge in [-0.15, -0.1) is 5.10 Å². The summed E-state index contributed by atoms with van der Waals surface area (Å²) in [5, 5.41) is 17.6. The number of nitro benzene ring substituents is 1. The maximum absolute atomic E-state index is 12.3. The zero-order chi connectivity index (χ0) is 17.4. The SMILES string of the molecule is COC(=O)C1C(=O)Oc2n[nH]c(C)c2C1c1cccc([N+](=O)[O-])c1. The summed E-state index contributed by atoms with van der Waals surface area (Å²) < 4.78 is 9.82. The smallest absolute Gasteiger partial charge is 0.328 e. The fourth-order valence-electron chi connectivity index (χ4n) is 2.87. The van der Waals surface area contributed by atoms with Crippen LogP contribution in [0.15, 0.2) is 24.3 Å². The summed E-state index contributed by atoms with van der Waals surface area (Å²) in [4.78, 5) is 34.9. The van der Waals surface area contributed by atoms with Crippen LogP contribution < -0.4 is 4.74 Å². The van der Waals surface area contributed by atoms with E-state index in [9.17, 15) is 19.7 Å². The third-order valence-corrected chi connectivity index (χ3v) is 3.95. The summed E-state index contributed by atoms with van der Waals surface area (Å²) in [5.74, 6) is -3.57. The second-order valence-corrected chi connectivity index (χ2v) is 5.32. The summed E-state index contributed by atoms with van der Waals surface area (Å²) in [7, 11) is 1.16. The van der Waals surface area contributed by atoms with Gasteiger partial charge in [0, 0.05) is 29.3 Å². The van der Waals surface area contributed by atoms with Gasteiger partial charge in [-0.2, -0.15) is 0 Å². The molecule has 1 aliphatic rings. The van der Waals surface area contributed by atoms with Gasteiger partial charge in [0.25, 0.3) is 5.69 Å². The molecule has 9 heteroatoms. The lowest BCUT2D eigenvalue weighted by atomic mass is 9.79. The first-order valence-electron chi connectivity index (χ1n) is 7.02. The topological polar surface area (TPSA) is 124 Å². The standard InChI is InChI=1S/C15H13N3O6/c1-7-10-11(8-4-3-5-9(6-8)18(21)22)12(14(19)23-2)15(20)24-13(10)17-16-7/h3-6,11-12H,1-2H3,(H,16,17). The van der Waals surface area contributed by atoms with E-state index in [2.05, 4.69) is 10.2 Å². The lowest BCUT2D eigenvalue weighted by molar-refractivity contribution is -0.384. The molecule has 0 bridgehead atoms. The Morgan fingerprint density at radius 1 is 1.46 bits per heavy atom. The summed E-state index contributed by atoms with van der Waals surface area (Å²) in [5.41, 5.74) is 1.40. The fourth-order valence-corrected chi connectivity index (χ4v) is 2.87. The molecule has 0 saturated heterocycles. The highest BCUT2D eigenvalue weighted by Gasteiger charge is 2.46. The molecule has 1 aromatic heterocycles. The first kappa shape index (κ1) is 15.7. The molecular formula is C15H13N3O6. The maximum Gasteiger partial charge on any atom is 0.328 e. The van der Waals surface area contributed by atoms with Crippen molar-refractivity contribution in [3.8, 4) is 5.88 Å². The van der Waals surface area contributed by atoms with Crippen LogP contribution in [0.25, 0.3) is 0 Å². The number of carbonyl (C=O) groups excluding carboxylic acids is 2. The van der Waals surface area contributed by atoms with E-state index in [1.165, 1.54) is 18.2 Å². The largest absolute Gasteiger partial charge is 0.468 e. The van der Waals surface area contributed by atoms with Gasteiger partial charge >= 0.3 is 11.9 Å². The monoisotopic (exact) mass is 331 g/mol. The summed E-state index contributed by atoms with van der Waals surface area (Å²) in [6.07, 6.45) is 0. The van der Waals surface area contributed by atoms with Crippen LogP contribution in [-0.4, -0.2) is 34.2 Å². The van der Waals surface area contributed by atoms with Gasteiger partial charge in [-0.25, -0.2) is 0 Å². The van der Waals surface area contributed by atoms with Crippen LogP contribution in [-0.2, 0) is 14.3 Å². The summed E-state index contributed by atoms with van der Waals surface area (Å²) in [6.45, 7) is 1.71. The highest BCUT2D eigenvalue weighted by molar-refractivity contribution is 5.99. The molecule has 9 nitrogen and oxygen atoms in total. The maximum atomic E-state index is 12.3. The highest BCUT2D eigenvalue weighted by atomic mass is 16.6. The Kier molecular flexibility index (Phi) is 3.76. The van der Waals surface area contributed by atoms with Crippen LogP contribution in [0, 0.1) is 23.0 Å². The molecule has 0 aliphatic carbocycles. The number of hydrogen-bond acceptors (Lipinski definition) is 7. The quantitative estimate of drug-likeness (QED) is 0.391. The van der Waals surface area contributed by atoms with Crippen molar-refractivity contribution in [3.63, 3.8) is 0 Å². The summed E-state index contributed by atoms with van der Waals surface area (Å²) >= 11 is 0. The first-order valence-corrected chi connectivity index (χ1v) is 7.02. The van der Waals surface area contributed by atoms with Crippen LogP contribution in [0.4, 0.5) is 5.69 Å². The third-order valence-electron chi connectivity index (χ3n) is 3.95. The number of fused-ring (bicyclic) bond motifs is 1. The number of nitrogens with one attached hydrogen (secondary N) is 1. The number of aromatic amines is 1. The minimum absolute atomic E-state index is 0.0640. The molecule has 2 unspecified atom stereocenters. The third kappa shape index (κ3) is 2.39. The van der Waals surface area contributed by atoms with Crippen LogP contribution >= 0.6 is 0 Å². The Morgan fingerprint density at radius 2 is 2.21 bits per heavy atom. The first-order chi connectivity index (χ1) is 11.4. The average Bonchev–Trinajstić information content (AvgIpc) is 2.93. The van der Waals surface area contributed by atoms with E-state index in [4.69, 9.17) is 9.47 Å². The Balaban J connectivity index is 2.21. The summed E-state index contributed by atoms with van der Waals surface area (Å²) in [6, 6.07) is 5.77. The fraction of sp³-hybridized carbons (Fsp3) is 0.267. The number of hydrogen-bond donors (Lipinski definition) is 1. The molecule has 1 N–H and O–H groups in total. The molecule has 124 valence electrons. The minimum atomic E-state index is -1.26. The van der Waals surface area contributed by atoms with Crippen molar-refractivity contribution in [2.45, 2.75) is 12.8 Å². The number of ether oxygens (including phenoxy) is 2. The number of carbonyl (C=O) groups is 2. The number of esters is 2. The lowest BCUT2D eigenvalue weighted by Crippen LogP contribution is -2.38. The zero-order valence-electron chi connectivity index (χ0n) is 12.8. The Bertz CT molecular complexity index is 843. The van der Waals surface area contributed by atoms with E-state index in [-0.39, 0.29) is 11.6 Å². The zero-order valence-corrected chi connectivity index (χ0v) is 12.8. The second-order valence-electron chi connectivity index (χ2n) is 5.32. The highest BCUT2D eigenvalue weighted by Crippen LogP contribution is 2.43. The normalized spacial score (nSPS) is 19.3. The number of benzene rings is 1. The second kappa shape index (κ2) is 5.76. The number of aromatic nitrogens is 2. The molecule has 0 amide bonds. The van der Waals surface area contributed by atoms with Crippen molar-refractivity contribution in [2.24, 2.45) is 5.92 Å². The van der Waals surface area contributed by atoms with Crippen molar-refractivity contribution in [3.05, 3.63) is 51.2 Å². The number of non-ortho nitro benzene ring substituents is 1. The van der Waals surface area contributed by atoms with Crippen LogP contribution in [0.2, 0.25) is 0 Å². The lowest BCUT2D eigenvalue weighted by Gasteiger charge is -2.28. The van der Waals surface area contributed by atoms with Gasteiger partial charge in [-0.1, -0.05) is 12.1 Å². The molecule has 24 heavy (non-hydrogen) atoms. The number of nitro groups is 1. The number of rotatable bonds is 3. The molecular weight excluding hydrogens is 318 g/mol. The molecule has 0 radical (unpaired) electrons. The number of methoxy groups -OCH3 is 1. The van der Waals surface area contributed by atoms with Gasteiger partial charge in [0.2, 0.25) is 5.88 Å². The van der Waals surface area contributed by atoms with Gasteiger partial charge in [0.05, 0.1) is 12.0 Å². The van der Waals surface area contributed by atoms with E-state index in [0.29, 0.717) is 16.8 Å². The van der Waals surface area contributed by atoms with Crippen molar-refractivity contribution >= 4 is 17.6 Å². The molecule has 2 heterocycles. The molecule has 3 rings (SSSR count). The number of nitrogens with zero attached hydrogens (tertiary/aromatic N) is 2. The van der Waals surface area contributed by atoms with Gasteiger partial charge < -0.3 is 9.47 Å². The van der Waals surface area contributed by atoms with E-state index in [1.54, 1.807) is 13.0 Å². The molecule has 1 aliphatic heterocycles. The van der Waals surface area contributed by atoms with E-state index in [1.807, 2.05) is 0 Å². The Morgan fingerprint density at radius 3 is 2.88 bits per heavy atom. The van der Waals surface area contributed by atoms with Crippen molar-refractivity contribution in [1.29, 1.82) is 0 Å². The predicted molar refractivity (Wildman–Crippen MR) is 79.4 cm³/mol. The van der Waals surface area contributed by atoms with Gasteiger partial charge in [0.1, 0.15) is 0 Å². The van der Waals surface area contributed by atoms with Crippen LogP contribution in [0.3, 0.4) is 0 Å². The molecule has 2 aromatic rings. The van der Waals surface area contributed by atoms with Gasteiger partial charge in [0.15, 0.2) is 5.92 Å². The predicted octanol–water partition coefficient (Wildman–Crippen LogP) is 1.47. The molecule has 0 saturated carbocycles. The Hall–Kier alpha value is -3.23. The van der Waals surface area contributed by atoms with Crippen molar-refractivity contribution < 1.29 is 24.0 Å².